The molecule has 8 heteroatoms. The van der Waals surface area contributed by atoms with Gasteiger partial charge in [0.25, 0.3) is 5.91 Å². The number of piperazine rings is 1. The highest BCUT2D eigenvalue weighted by atomic mass is 32.1. The van der Waals surface area contributed by atoms with Gasteiger partial charge in [0.05, 0.1) is 30.0 Å². The summed E-state index contributed by atoms with van der Waals surface area (Å²) in [6.45, 7) is 5.18. The fourth-order valence-electron chi connectivity index (χ4n) is 3.65. The minimum atomic E-state index is -0.154. The molecule has 0 unspecified atom stereocenters. The van der Waals surface area contributed by atoms with E-state index in [9.17, 15) is 4.79 Å². The van der Waals surface area contributed by atoms with Crippen molar-refractivity contribution in [1.82, 2.24) is 15.2 Å². The van der Waals surface area contributed by atoms with Gasteiger partial charge in [0.2, 0.25) is 0 Å². The van der Waals surface area contributed by atoms with Gasteiger partial charge >= 0.3 is 0 Å². The van der Waals surface area contributed by atoms with Gasteiger partial charge in [-0.05, 0) is 24.3 Å². The highest BCUT2D eigenvalue weighted by Crippen LogP contribution is 2.31. The van der Waals surface area contributed by atoms with Gasteiger partial charge in [-0.15, -0.1) is 0 Å². The number of anilines is 1. The number of ether oxygens (including phenoxy) is 2. The fourth-order valence-corrected chi connectivity index (χ4v) is 4.66. The van der Waals surface area contributed by atoms with Gasteiger partial charge in [0.1, 0.15) is 0 Å². The third-order valence-corrected chi connectivity index (χ3v) is 6.38. The first-order chi connectivity index (χ1) is 14.7. The van der Waals surface area contributed by atoms with Crippen molar-refractivity contribution in [2.45, 2.75) is 0 Å². The van der Waals surface area contributed by atoms with Crippen molar-refractivity contribution in [1.29, 1.82) is 0 Å². The molecule has 2 heterocycles. The Labute approximate surface area is 180 Å². The van der Waals surface area contributed by atoms with Crippen LogP contribution in [-0.2, 0) is 0 Å². The minimum Gasteiger partial charge on any atom is -0.493 e. The number of hydrogen-bond acceptors (Lipinski definition) is 7. The SMILES string of the molecule is COc1cccc(C(=O)NCCN2CCN(c3nc4ccccc4s3)CC2)c1OC. The van der Waals surface area contributed by atoms with E-state index in [4.69, 9.17) is 14.5 Å². The Bertz CT molecular complexity index is 982. The maximum Gasteiger partial charge on any atom is 0.255 e. The number of aromatic nitrogens is 1. The van der Waals surface area contributed by atoms with Gasteiger partial charge in [0.15, 0.2) is 16.6 Å². The van der Waals surface area contributed by atoms with Crippen LogP contribution in [0.2, 0.25) is 0 Å². The molecule has 4 rings (SSSR count). The zero-order valence-electron chi connectivity index (χ0n) is 17.3. The molecule has 1 aliphatic heterocycles. The van der Waals surface area contributed by atoms with E-state index in [1.165, 1.54) is 4.70 Å². The van der Waals surface area contributed by atoms with Crippen molar-refractivity contribution >= 4 is 32.6 Å². The van der Waals surface area contributed by atoms with Crippen LogP contribution in [0.25, 0.3) is 10.2 Å². The maximum atomic E-state index is 12.6. The van der Waals surface area contributed by atoms with Crippen molar-refractivity contribution in [3.05, 3.63) is 48.0 Å². The average molecular weight is 427 g/mol. The molecular weight excluding hydrogens is 400 g/mol. The number of rotatable bonds is 7. The quantitative estimate of drug-likeness (QED) is 0.627. The zero-order valence-corrected chi connectivity index (χ0v) is 18.1. The summed E-state index contributed by atoms with van der Waals surface area (Å²) in [4.78, 5) is 22.0. The number of benzene rings is 2. The number of carbonyl (C=O) groups excluding carboxylic acids is 1. The van der Waals surface area contributed by atoms with E-state index in [0.717, 1.165) is 43.4 Å². The Morgan fingerprint density at radius 3 is 2.60 bits per heavy atom. The number of nitrogens with zero attached hydrogens (tertiary/aromatic N) is 3. The summed E-state index contributed by atoms with van der Waals surface area (Å²) in [6.07, 6.45) is 0. The molecule has 0 bridgehead atoms. The van der Waals surface area contributed by atoms with E-state index in [-0.39, 0.29) is 5.91 Å². The lowest BCUT2D eigenvalue weighted by molar-refractivity contribution is 0.0944. The number of fused-ring (bicyclic) bond motifs is 1. The van der Waals surface area contributed by atoms with Gasteiger partial charge in [-0.3, -0.25) is 9.69 Å². The van der Waals surface area contributed by atoms with Crippen LogP contribution in [0.4, 0.5) is 5.13 Å². The van der Waals surface area contributed by atoms with Crippen LogP contribution in [0.5, 0.6) is 11.5 Å². The molecule has 0 atom stereocenters. The molecule has 1 amide bonds. The number of methoxy groups -OCH3 is 2. The highest BCUT2D eigenvalue weighted by molar-refractivity contribution is 7.22. The fraction of sp³-hybridized carbons (Fsp3) is 0.364. The molecule has 1 aliphatic rings. The largest absolute Gasteiger partial charge is 0.493 e. The van der Waals surface area contributed by atoms with Crippen LogP contribution < -0.4 is 19.7 Å². The first-order valence-corrected chi connectivity index (χ1v) is 10.8. The van der Waals surface area contributed by atoms with Gasteiger partial charge in [0, 0.05) is 39.3 Å². The Morgan fingerprint density at radius 1 is 1.07 bits per heavy atom. The van der Waals surface area contributed by atoms with Crippen molar-refractivity contribution in [2.24, 2.45) is 0 Å². The summed E-state index contributed by atoms with van der Waals surface area (Å²) in [5.41, 5.74) is 1.55. The topological polar surface area (TPSA) is 66.9 Å². The van der Waals surface area contributed by atoms with E-state index in [2.05, 4.69) is 33.3 Å². The van der Waals surface area contributed by atoms with Crippen LogP contribution in [0.1, 0.15) is 10.4 Å². The Morgan fingerprint density at radius 2 is 1.87 bits per heavy atom. The van der Waals surface area contributed by atoms with Crippen molar-refractivity contribution in [3.63, 3.8) is 0 Å². The van der Waals surface area contributed by atoms with Crippen molar-refractivity contribution in [2.75, 3.05) is 58.4 Å². The van der Waals surface area contributed by atoms with Gasteiger partial charge in [-0.1, -0.05) is 29.5 Å². The van der Waals surface area contributed by atoms with Crippen LogP contribution in [0.3, 0.4) is 0 Å². The second-order valence-electron chi connectivity index (χ2n) is 7.09. The predicted molar refractivity (Wildman–Crippen MR) is 120 cm³/mol. The van der Waals surface area contributed by atoms with Crippen LogP contribution in [-0.4, -0.2) is 69.3 Å². The number of hydrogen-bond donors (Lipinski definition) is 1. The molecule has 1 N–H and O–H groups in total. The summed E-state index contributed by atoms with van der Waals surface area (Å²) >= 11 is 1.75. The minimum absolute atomic E-state index is 0.154. The zero-order chi connectivity index (χ0) is 20.9. The second-order valence-corrected chi connectivity index (χ2v) is 8.10. The highest BCUT2D eigenvalue weighted by Gasteiger charge is 2.20. The monoisotopic (exact) mass is 426 g/mol. The molecule has 0 aliphatic carbocycles. The molecule has 7 nitrogen and oxygen atoms in total. The van der Waals surface area contributed by atoms with E-state index >= 15 is 0 Å². The predicted octanol–water partition coefficient (Wildman–Crippen LogP) is 2.87. The number of para-hydroxylation sites is 2. The molecule has 1 saturated heterocycles. The maximum absolute atomic E-state index is 12.6. The van der Waals surface area contributed by atoms with E-state index in [1.807, 2.05) is 6.07 Å². The number of thiazole rings is 1. The molecule has 0 radical (unpaired) electrons. The average Bonchev–Trinajstić information content (AvgIpc) is 3.23. The third-order valence-electron chi connectivity index (χ3n) is 5.29. The lowest BCUT2D eigenvalue weighted by Crippen LogP contribution is -2.48. The molecule has 3 aromatic rings. The summed E-state index contributed by atoms with van der Waals surface area (Å²) < 4.78 is 11.9. The summed E-state index contributed by atoms with van der Waals surface area (Å²) in [5, 5.41) is 4.08. The molecule has 158 valence electrons. The number of carbonyl (C=O) groups is 1. The lowest BCUT2D eigenvalue weighted by atomic mass is 10.1. The van der Waals surface area contributed by atoms with Crippen molar-refractivity contribution < 1.29 is 14.3 Å². The molecule has 1 aromatic heterocycles. The molecule has 0 saturated carbocycles. The second kappa shape index (κ2) is 9.32. The lowest BCUT2D eigenvalue weighted by Gasteiger charge is -2.34. The van der Waals surface area contributed by atoms with Gasteiger partial charge < -0.3 is 19.7 Å². The summed E-state index contributed by atoms with van der Waals surface area (Å²) in [5.74, 6) is 0.858. The van der Waals surface area contributed by atoms with Gasteiger partial charge in [-0.25, -0.2) is 4.98 Å². The van der Waals surface area contributed by atoms with E-state index < -0.39 is 0 Å². The Kier molecular flexibility index (Phi) is 6.35. The number of nitrogens with one attached hydrogen (secondary N) is 1. The van der Waals surface area contributed by atoms with Crippen LogP contribution >= 0.6 is 11.3 Å². The van der Waals surface area contributed by atoms with E-state index in [0.29, 0.717) is 23.6 Å². The third kappa shape index (κ3) is 4.34. The molecule has 2 aromatic carbocycles. The van der Waals surface area contributed by atoms with E-state index in [1.54, 1.807) is 43.8 Å². The summed E-state index contributed by atoms with van der Waals surface area (Å²) in [7, 11) is 3.10. The van der Waals surface area contributed by atoms with Gasteiger partial charge in [-0.2, -0.15) is 0 Å². The molecule has 0 spiro atoms. The standard InChI is InChI=1S/C22H26N4O3S/c1-28-18-8-5-6-16(20(18)29-2)21(27)23-10-11-25-12-14-26(15-13-25)22-24-17-7-3-4-9-19(17)30-22/h3-9H,10-15H2,1-2H3,(H,23,27). The van der Waals surface area contributed by atoms with Crippen molar-refractivity contribution in [3.8, 4) is 11.5 Å². The smallest absolute Gasteiger partial charge is 0.255 e. The Balaban J connectivity index is 1.26. The molecule has 1 fully saturated rings. The van der Waals surface area contributed by atoms with Crippen LogP contribution in [0.15, 0.2) is 42.5 Å². The van der Waals surface area contributed by atoms with Crippen LogP contribution in [0, 0.1) is 0 Å². The first kappa shape index (κ1) is 20.4. The summed E-state index contributed by atoms with van der Waals surface area (Å²) in [6, 6.07) is 13.6. The molecular formula is C22H26N4O3S. The molecule has 30 heavy (non-hydrogen) atoms. The first-order valence-electron chi connectivity index (χ1n) is 10.0. The normalized spacial score (nSPS) is 14.7. The number of amides is 1. The Hall–Kier alpha value is -2.84.